The van der Waals surface area contributed by atoms with Gasteiger partial charge >= 0.3 is 6.18 Å². The molecule has 0 aliphatic carbocycles. The van der Waals surface area contributed by atoms with E-state index in [1.807, 2.05) is 13.8 Å². The molecule has 1 rings (SSSR count). The molecule has 1 aromatic heterocycles. The predicted octanol–water partition coefficient (Wildman–Crippen LogP) is 2.93. The molecule has 0 aliphatic rings. The number of hydrogen-bond donors (Lipinski definition) is 1. The van der Waals surface area contributed by atoms with E-state index in [2.05, 4.69) is 4.98 Å². The van der Waals surface area contributed by atoms with Crippen molar-refractivity contribution in [1.29, 1.82) is 0 Å². The molecule has 0 bridgehead atoms. The summed E-state index contributed by atoms with van der Waals surface area (Å²) in [5.41, 5.74) is 4.79. The minimum absolute atomic E-state index is 0.229. The molecule has 2 nitrogen and oxygen atoms in total. The SMILES string of the molecule is CC(C)(CN)Sc1ccc(C(F)(F)F)cn1. The Bertz CT molecular complexity index is 346. The highest BCUT2D eigenvalue weighted by Crippen LogP contribution is 2.33. The monoisotopic (exact) mass is 250 g/mol. The zero-order valence-corrected chi connectivity index (χ0v) is 9.82. The summed E-state index contributed by atoms with van der Waals surface area (Å²) in [6.07, 6.45) is -3.49. The Morgan fingerprint density at radius 2 is 1.94 bits per heavy atom. The number of rotatable bonds is 3. The largest absolute Gasteiger partial charge is 0.417 e. The second-order valence-electron chi connectivity index (χ2n) is 3.95. The number of thioether (sulfide) groups is 1. The molecule has 0 aliphatic heterocycles. The minimum atomic E-state index is -4.33. The fourth-order valence-corrected chi connectivity index (χ4v) is 1.82. The first-order chi connectivity index (χ1) is 7.24. The van der Waals surface area contributed by atoms with Crippen LogP contribution in [-0.4, -0.2) is 16.3 Å². The van der Waals surface area contributed by atoms with E-state index in [1.165, 1.54) is 17.8 Å². The van der Waals surface area contributed by atoms with Crippen LogP contribution < -0.4 is 5.73 Å². The van der Waals surface area contributed by atoms with Gasteiger partial charge in [0.1, 0.15) is 0 Å². The van der Waals surface area contributed by atoms with Crippen molar-refractivity contribution in [2.45, 2.75) is 29.8 Å². The molecule has 16 heavy (non-hydrogen) atoms. The first-order valence-electron chi connectivity index (χ1n) is 4.67. The molecule has 6 heteroatoms. The maximum atomic E-state index is 12.3. The molecule has 0 radical (unpaired) electrons. The highest BCUT2D eigenvalue weighted by Gasteiger charge is 2.30. The zero-order valence-electron chi connectivity index (χ0n) is 9.01. The van der Waals surface area contributed by atoms with E-state index in [0.29, 0.717) is 11.6 Å². The van der Waals surface area contributed by atoms with Gasteiger partial charge in [0.2, 0.25) is 0 Å². The lowest BCUT2D eigenvalue weighted by Gasteiger charge is -2.20. The molecule has 0 saturated heterocycles. The molecule has 0 saturated carbocycles. The van der Waals surface area contributed by atoms with E-state index in [-0.39, 0.29) is 4.75 Å². The molecular formula is C10H13F3N2S. The minimum Gasteiger partial charge on any atom is -0.329 e. The topological polar surface area (TPSA) is 38.9 Å². The van der Waals surface area contributed by atoms with Crippen LogP contribution in [-0.2, 0) is 6.18 Å². The van der Waals surface area contributed by atoms with Gasteiger partial charge in [-0.3, -0.25) is 0 Å². The molecule has 2 N–H and O–H groups in total. The Morgan fingerprint density at radius 3 is 2.31 bits per heavy atom. The summed E-state index contributed by atoms with van der Waals surface area (Å²) < 4.78 is 36.5. The van der Waals surface area contributed by atoms with Gasteiger partial charge < -0.3 is 5.73 Å². The first-order valence-corrected chi connectivity index (χ1v) is 5.48. The van der Waals surface area contributed by atoms with Crippen LogP contribution in [0.3, 0.4) is 0 Å². The summed E-state index contributed by atoms with van der Waals surface area (Å²) in [6.45, 7) is 4.26. The van der Waals surface area contributed by atoms with Gasteiger partial charge in [0.25, 0.3) is 0 Å². The smallest absolute Gasteiger partial charge is 0.329 e. The van der Waals surface area contributed by atoms with Crippen molar-refractivity contribution in [3.63, 3.8) is 0 Å². The summed E-state index contributed by atoms with van der Waals surface area (Å²) in [4.78, 5) is 3.77. The van der Waals surface area contributed by atoms with Gasteiger partial charge in [0, 0.05) is 17.5 Å². The molecule has 1 aromatic rings. The van der Waals surface area contributed by atoms with Gasteiger partial charge in [-0.1, -0.05) is 11.8 Å². The van der Waals surface area contributed by atoms with E-state index < -0.39 is 11.7 Å². The average Bonchev–Trinajstić information content (AvgIpc) is 2.16. The second-order valence-corrected chi connectivity index (χ2v) is 5.68. The lowest BCUT2D eigenvalue weighted by molar-refractivity contribution is -0.137. The number of halogens is 3. The summed E-state index contributed by atoms with van der Waals surface area (Å²) in [6, 6.07) is 2.40. The van der Waals surface area contributed by atoms with Gasteiger partial charge in [-0.05, 0) is 26.0 Å². The van der Waals surface area contributed by atoms with Crippen molar-refractivity contribution in [3.05, 3.63) is 23.9 Å². The van der Waals surface area contributed by atoms with Gasteiger partial charge in [-0.25, -0.2) is 4.98 Å². The van der Waals surface area contributed by atoms with Gasteiger partial charge in [0.05, 0.1) is 10.6 Å². The van der Waals surface area contributed by atoms with E-state index in [1.54, 1.807) is 0 Å². The zero-order chi connectivity index (χ0) is 12.4. The van der Waals surface area contributed by atoms with Crippen molar-refractivity contribution in [3.8, 4) is 0 Å². The van der Waals surface area contributed by atoms with Crippen LogP contribution in [0.15, 0.2) is 23.4 Å². The summed E-state index contributed by atoms with van der Waals surface area (Å²) in [5.74, 6) is 0. The molecule has 90 valence electrons. The van der Waals surface area contributed by atoms with Crippen LogP contribution in [0.1, 0.15) is 19.4 Å². The van der Waals surface area contributed by atoms with Crippen molar-refractivity contribution in [1.82, 2.24) is 4.98 Å². The summed E-state index contributed by atoms with van der Waals surface area (Å²) in [5, 5.41) is 0.545. The van der Waals surface area contributed by atoms with Crippen LogP contribution in [0.25, 0.3) is 0 Å². The standard InChI is InChI=1S/C10H13F3N2S/c1-9(2,6-14)16-8-4-3-7(5-15-8)10(11,12)13/h3-5H,6,14H2,1-2H3. The Kier molecular flexibility index (Phi) is 3.85. The van der Waals surface area contributed by atoms with Crippen LogP contribution in [0, 0.1) is 0 Å². The number of alkyl halides is 3. The average molecular weight is 250 g/mol. The quantitative estimate of drug-likeness (QED) is 0.838. The van der Waals surface area contributed by atoms with Crippen LogP contribution >= 0.6 is 11.8 Å². The summed E-state index contributed by atoms with van der Waals surface area (Å²) >= 11 is 1.36. The summed E-state index contributed by atoms with van der Waals surface area (Å²) in [7, 11) is 0. The predicted molar refractivity (Wildman–Crippen MR) is 58.2 cm³/mol. The Balaban J connectivity index is 2.80. The number of hydrogen-bond acceptors (Lipinski definition) is 3. The van der Waals surface area contributed by atoms with Gasteiger partial charge in [0.15, 0.2) is 0 Å². The second kappa shape index (κ2) is 4.63. The number of aromatic nitrogens is 1. The van der Waals surface area contributed by atoms with Crippen molar-refractivity contribution in [2.24, 2.45) is 5.73 Å². The fourth-order valence-electron chi connectivity index (χ4n) is 0.933. The van der Waals surface area contributed by atoms with Crippen molar-refractivity contribution >= 4 is 11.8 Å². The number of nitrogens with zero attached hydrogens (tertiary/aromatic N) is 1. The molecule has 0 fully saturated rings. The Morgan fingerprint density at radius 1 is 1.31 bits per heavy atom. The maximum absolute atomic E-state index is 12.3. The van der Waals surface area contributed by atoms with Crippen molar-refractivity contribution in [2.75, 3.05) is 6.54 Å². The Hall–Kier alpha value is -0.750. The maximum Gasteiger partial charge on any atom is 0.417 e. The molecule has 0 aromatic carbocycles. The highest BCUT2D eigenvalue weighted by atomic mass is 32.2. The Labute approximate surface area is 96.4 Å². The van der Waals surface area contributed by atoms with E-state index in [0.717, 1.165) is 12.3 Å². The van der Waals surface area contributed by atoms with E-state index in [9.17, 15) is 13.2 Å². The highest BCUT2D eigenvalue weighted by molar-refractivity contribution is 8.00. The molecule has 0 amide bonds. The fraction of sp³-hybridized carbons (Fsp3) is 0.500. The third-order valence-electron chi connectivity index (χ3n) is 1.94. The normalized spacial score (nSPS) is 12.9. The van der Waals surface area contributed by atoms with Crippen LogP contribution in [0.4, 0.5) is 13.2 Å². The number of pyridine rings is 1. The molecular weight excluding hydrogens is 237 g/mol. The van der Waals surface area contributed by atoms with Gasteiger partial charge in [-0.15, -0.1) is 0 Å². The first kappa shape index (κ1) is 13.3. The lowest BCUT2D eigenvalue weighted by Crippen LogP contribution is -2.26. The molecule has 0 unspecified atom stereocenters. The van der Waals surface area contributed by atoms with Crippen molar-refractivity contribution < 1.29 is 13.2 Å². The lowest BCUT2D eigenvalue weighted by atomic mass is 10.2. The number of nitrogens with two attached hydrogens (primary N) is 1. The molecule has 0 spiro atoms. The third kappa shape index (κ3) is 3.68. The molecule has 1 heterocycles. The van der Waals surface area contributed by atoms with Crippen LogP contribution in [0.5, 0.6) is 0 Å². The molecule has 0 atom stereocenters. The van der Waals surface area contributed by atoms with E-state index >= 15 is 0 Å². The third-order valence-corrected chi connectivity index (χ3v) is 3.11. The van der Waals surface area contributed by atoms with Gasteiger partial charge in [-0.2, -0.15) is 13.2 Å². The van der Waals surface area contributed by atoms with Crippen LogP contribution in [0.2, 0.25) is 0 Å². The van der Waals surface area contributed by atoms with E-state index in [4.69, 9.17) is 5.73 Å².